The molecule has 2 aliphatic rings. The Hall–Kier alpha value is -5.01. The van der Waals surface area contributed by atoms with Gasteiger partial charge in [-0.25, -0.2) is 14.8 Å². The zero-order valence-electron chi connectivity index (χ0n) is 28.2. The van der Waals surface area contributed by atoms with Gasteiger partial charge in [0.1, 0.15) is 5.65 Å². The second-order valence-electron chi connectivity index (χ2n) is 13.1. The van der Waals surface area contributed by atoms with Gasteiger partial charge in [0.05, 0.1) is 41.1 Å². The Bertz CT molecular complexity index is 2240. The third kappa shape index (κ3) is 7.20. The monoisotopic (exact) mass is 742 g/mol. The van der Waals surface area contributed by atoms with Gasteiger partial charge in [0.2, 0.25) is 11.8 Å². The van der Waals surface area contributed by atoms with E-state index >= 15 is 0 Å². The number of carbonyl (C=O) groups excluding carboxylic acids is 1. The minimum absolute atomic E-state index is 0.0754. The molecule has 12 nitrogen and oxygen atoms in total. The summed E-state index contributed by atoms with van der Waals surface area (Å²) in [6.07, 6.45) is 3.91. The molecular weight excluding hydrogens is 707 g/mol. The number of aromatic nitrogens is 3. The van der Waals surface area contributed by atoms with E-state index in [4.69, 9.17) is 32.9 Å². The van der Waals surface area contributed by atoms with Gasteiger partial charge in [-0.3, -0.25) is 14.0 Å². The van der Waals surface area contributed by atoms with Crippen molar-refractivity contribution in [2.45, 2.75) is 57.0 Å². The normalized spacial score (nSPS) is 18.2. The third-order valence-corrected chi connectivity index (χ3v) is 10.5. The Balaban J connectivity index is 1.14. The van der Waals surface area contributed by atoms with Gasteiger partial charge in [0.15, 0.2) is 0 Å². The molecule has 1 saturated carbocycles. The summed E-state index contributed by atoms with van der Waals surface area (Å²) >= 11 is 14.1. The molecule has 3 aromatic heterocycles. The summed E-state index contributed by atoms with van der Waals surface area (Å²) in [4.78, 5) is 47.4. The van der Waals surface area contributed by atoms with Gasteiger partial charge in [-0.15, -0.1) is 0 Å². The highest BCUT2D eigenvalue weighted by Gasteiger charge is 2.28. The predicted octanol–water partition coefficient (Wildman–Crippen LogP) is 5.78. The zero-order chi connectivity index (χ0) is 36.5. The Morgan fingerprint density at radius 3 is 2.40 bits per heavy atom. The number of benzene rings is 2. The number of hydrogen-bond donors (Lipinski definition) is 4. The Labute approximate surface area is 309 Å². The molecular formula is C38H36Cl2N6O6. The number of methoxy groups -OCH3 is 1. The lowest BCUT2D eigenvalue weighted by molar-refractivity contribution is -0.119. The molecule has 2 fully saturated rings. The first-order chi connectivity index (χ1) is 25.1. The Morgan fingerprint density at radius 1 is 1.02 bits per heavy atom. The summed E-state index contributed by atoms with van der Waals surface area (Å²) in [5.41, 5.74) is 5.26. The van der Waals surface area contributed by atoms with Crippen LogP contribution in [-0.4, -0.2) is 73.3 Å². The van der Waals surface area contributed by atoms with Crippen molar-refractivity contribution in [3.63, 3.8) is 0 Å². The van der Waals surface area contributed by atoms with E-state index in [0.29, 0.717) is 68.9 Å². The molecule has 0 radical (unpaired) electrons. The highest BCUT2D eigenvalue weighted by atomic mass is 35.5. The second kappa shape index (κ2) is 14.9. The van der Waals surface area contributed by atoms with E-state index in [-0.39, 0.29) is 42.7 Å². The van der Waals surface area contributed by atoms with Crippen LogP contribution >= 0.6 is 23.2 Å². The fraction of sp³-hybridized carbons (Fsp3) is 0.289. The van der Waals surface area contributed by atoms with Crippen LogP contribution in [0.25, 0.3) is 39.2 Å². The number of fused-ring (bicyclic) bond motifs is 1. The van der Waals surface area contributed by atoms with Crippen molar-refractivity contribution in [1.29, 1.82) is 0 Å². The van der Waals surface area contributed by atoms with Gasteiger partial charge >= 0.3 is 6.09 Å². The van der Waals surface area contributed by atoms with E-state index in [1.165, 1.54) is 10.6 Å². The molecule has 14 heteroatoms. The van der Waals surface area contributed by atoms with Gasteiger partial charge in [-0.2, -0.15) is 0 Å². The minimum atomic E-state index is -1.19. The van der Waals surface area contributed by atoms with E-state index in [1.807, 2.05) is 48.5 Å². The van der Waals surface area contributed by atoms with Crippen LogP contribution in [0.1, 0.15) is 36.8 Å². The molecule has 2 amide bonds. The standard InChI is InChI=1S/C38H36Cl2N6O6/c1-52-36-22(17-41-25-15-26(47)16-25)8-10-31(44-36)30-7-3-6-29(35(30)40)28-5-2-4-27(34(28)39)21-12-13-46-32(14-21)42-18-23(37(46)49)19-45(38(50)51)20-24-9-11-33(48)43-24/h2-8,10,12-14,18,24-26,41,47H,9,11,15-17,19-20H2,1H3,(H,43,48)(H,50,51)/t24-,25-,26-/m0/s1. The van der Waals surface area contributed by atoms with Crippen molar-refractivity contribution in [2.24, 2.45) is 0 Å². The molecule has 5 aromatic rings. The smallest absolute Gasteiger partial charge is 0.407 e. The van der Waals surface area contributed by atoms with Gasteiger partial charge in [0.25, 0.3) is 5.56 Å². The van der Waals surface area contributed by atoms with Crippen LogP contribution in [0.5, 0.6) is 5.88 Å². The number of carbonyl (C=O) groups is 2. The number of nitrogens with zero attached hydrogens (tertiary/aromatic N) is 4. The molecule has 1 atom stereocenters. The number of aliphatic hydroxyl groups excluding tert-OH is 1. The van der Waals surface area contributed by atoms with Crippen molar-refractivity contribution < 1.29 is 24.5 Å². The van der Waals surface area contributed by atoms with Crippen LogP contribution in [0.2, 0.25) is 10.0 Å². The van der Waals surface area contributed by atoms with Crippen molar-refractivity contribution in [3.8, 4) is 39.4 Å². The number of hydrogen-bond acceptors (Lipinski definition) is 8. The third-order valence-electron chi connectivity index (χ3n) is 9.64. The number of nitrogens with one attached hydrogen (secondary N) is 2. The fourth-order valence-electron chi connectivity index (χ4n) is 6.73. The average Bonchev–Trinajstić information content (AvgIpc) is 3.54. The maximum Gasteiger partial charge on any atom is 0.407 e. The molecule has 0 unspecified atom stereocenters. The van der Waals surface area contributed by atoms with E-state index in [2.05, 4.69) is 15.6 Å². The maximum absolute atomic E-state index is 13.4. The Kier molecular flexibility index (Phi) is 10.2. The van der Waals surface area contributed by atoms with Crippen molar-refractivity contribution in [2.75, 3.05) is 13.7 Å². The number of rotatable bonds is 11. The van der Waals surface area contributed by atoms with Crippen molar-refractivity contribution in [3.05, 3.63) is 105 Å². The van der Waals surface area contributed by atoms with E-state index in [1.54, 1.807) is 25.4 Å². The SMILES string of the molecule is COc1nc(-c2cccc(-c3cccc(-c4ccn5c(=O)c(CN(C[C@@H]6CCC(=O)N6)C(=O)O)cnc5c4)c3Cl)c2Cl)ccc1CN[C@H]1C[C@H](O)C1. The number of halogens is 2. The minimum Gasteiger partial charge on any atom is -0.481 e. The van der Waals surface area contributed by atoms with E-state index in [9.17, 15) is 24.6 Å². The summed E-state index contributed by atoms with van der Waals surface area (Å²) in [7, 11) is 1.58. The van der Waals surface area contributed by atoms with Crippen molar-refractivity contribution in [1.82, 2.24) is 29.9 Å². The first kappa shape index (κ1) is 35.4. The Morgan fingerprint density at radius 2 is 1.73 bits per heavy atom. The highest BCUT2D eigenvalue weighted by Crippen LogP contribution is 2.42. The van der Waals surface area contributed by atoms with Crippen LogP contribution in [0.15, 0.2) is 77.9 Å². The lowest BCUT2D eigenvalue weighted by atomic mass is 9.89. The van der Waals surface area contributed by atoms with Gasteiger partial charge in [-0.05, 0) is 43.0 Å². The average molecular weight is 744 g/mol. The summed E-state index contributed by atoms with van der Waals surface area (Å²) in [6, 6.07) is 18.7. The molecule has 268 valence electrons. The molecule has 0 spiro atoms. The van der Waals surface area contributed by atoms with Gasteiger partial charge in [-0.1, -0.05) is 65.7 Å². The first-order valence-corrected chi connectivity index (χ1v) is 17.7. The van der Waals surface area contributed by atoms with Gasteiger partial charge < -0.3 is 30.5 Å². The number of pyridine rings is 2. The summed E-state index contributed by atoms with van der Waals surface area (Å²) in [5, 5.41) is 26.5. The molecule has 1 saturated heterocycles. The van der Waals surface area contributed by atoms with Crippen LogP contribution in [0, 0.1) is 0 Å². The number of ether oxygens (including phenoxy) is 1. The topological polar surface area (TPSA) is 158 Å². The van der Waals surface area contributed by atoms with Crippen LogP contribution in [-0.2, 0) is 17.9 Å². The zero-order valence-corrected chi connectivity index (χ0v) is 29.7. The molecule has 1 aliphatic heterocycles. The molecule has 0 bridgehead atoms. The largest absolute Gasteiger partial charge is 0.481 e. The highest BCUT2D eigenvalue weighted by molar-refractivity contribution is 6.39. The summed E-state index contributed by atoms with van der Waals surface area (Å²) < 4.78 is 6.99. The first-order valence-electron chi connectivity index (χ1n) is 16.9. The number of carboxylic acid groups (broad SMARTS) is 1. The molecule has 52 heavy (non-hydrogen) atoms. The van der Waals surface area contributed by atoms with Crippen LogP contribution in [0.3, 0.4) is 0 Å². The van der Waals surface area contributed by atoms with E-state index in [0.717, 1.165) is 28.9 Å². The lowest BCUT2D eigenvalue weighted by Crippen LogP contribution is -2.43. The van der Waals surface area contributed by atoms with Gasteiger partial charge in [0, 0.05) is 71.8 Å². The van der Waals surface area contributed by atoms with Crippen LogP contribution < -0.4 is 20.9 Å². The molecule has 2 aromatic carbocycles. The lowest BCUT2D eigenvalue weighted by Gasteiger charge is -2.32. The fourth-order valence-corrected chi connectivity index (χ4v) is 7.39. The molecule has 4 N–H and O–H groups in total. The quantitative estimate of drug-likeness (QED) is 0.132. The maximum atomic E-state index is 13.4. The van der Waals surface area contributed by atoms with Crippen LogP contribution in [0.4, 0.5) is 4.79 Å². The summed E-state index contributed by atoms with van der Waals surface area (Å²) in [5.74, 6) is 0.373. The summed E-state index contributed by atoms with van der Waals surface area (Å²) in [6.45, 7) is 0.476. The predicted molar refractivity (Wildman–Crippen MR) is 198 cm³/mol. The second-order valence-corrected chi connectivity index (χ2v) is 13.9. The molecule has 7 rings (SSSR count). The van der Waals surface area contributed by atoms with Crippen molar-refractivity contribution >= 4 is 40.8 Å². The number of aliphatic hydroxyl groups is 1. The molecule has 4 heterocycles. The van der Waals surface area contributed by atoms with E-state index < -0.39 is 11.7 Å². The molecule has 1 aliphatic carbocycles. The number of amides is 2.